The molecule has 1 aromatic carbocycles. The van der Waals surface area contributed by atoms with Crippen LogP contribution in [0.1, 0.15) is 25.8 Å². The van der Waals surface area contributed by atoms with Crippen molar-refractivity contribution in [2.45, 2.75) is 39.1 Å². The van der Waals surface area contributed by atoms with Gasteiger partial charge < -0.3 is 19.5 Å². The number of rotatable bonds is 4. The molecule has 2 N–H and O–H groups in total. The van der Waals surface area contributed by atoms with Gasteiger partial charge in [-0.05, 0) is 36.5 Å². The monoisotopic (exact) mass is 236 g/mol. The zero-order valence-corrected chi connectivity index (χ0v) is 10.1. The average Bonchev–Trinajstić information content (AvgIpc) is 2.70. The van der Waals surface area contributed by atoms with Crippen LogP contribution in [0.4, 0.5) is 0 Å². The average molecular weight is 236 g/mol. The molecule has 0 radical (unpaired) electrons. The van der Waals surface area contributed by atoms with Gasteiger partial charge in [-0.1, -0.05) is 13.0 Å². The molecule has 0 aromatic heterocycles. The van der Waals surface area contributed by atoms with Gasteiger partial charge in [-0.15, -0.1) is 0 Å². The van der Waals surface area contributed by atoms with Crippen LogP contribution in [0.25, 0.3) is 0 Å². The number of ether oxygens (including phenoxy) is 1. The summed E-state index contributed by atoms with van der Waals surface area (Å²) in [7, 11) is -0.861. The Labute approximate surface area is 101 Å². The van der Waals surface area contributed by atoms with Crippen LogP contribution in [0.5, 0.6) is 5.75 Å². The number of hydrogen-bond acceptors (Lipinski definition) is 4. The van der Waals surface area contributed by atoms with Crippen LogP contribution in [0.2, 0.25) is 0 Å². The van der Waals surface area contributed by atoms with Crippen LogP contribution in [0, 0.1) is 0 Å². The van der Waals surface area contributed by atoms with E-state index >= 15 is 0 Å². The minimum atomic E-state index is -0.861. The van der Waals surface area contributed by atoms with Crippen LogP contribution >= 0.6 is 0 Å². The van der Waals surface area contributed by atoms with E-state index in [0.717, 1.165) is 11.0 Å². The fourth-order valence-electron chi connectivity index (χ4n) is 1.89. The maximum absolute atomic E-state index is 9.63. The molecule has 2 atom stereocenters. The second kappa shape index (κ2) is 5.08. The first kappa shape index (κ1) is 12.4. The number of hydrogen-bond donors (Lipinski definition) is 2. The number of fused-ring (bicyclic) bond motifs is 1. The van der Waals surface area contributed by atoms with Gasteiger partial charge in [0.15, 0.2) is 0 Å². The van der Waals surface area contributed by atoms with Crippen LogP contribution in [0.3, 0.4) is 0 Å². The second-order valence-electron chi connectivity index (χ2n) is 4.32. The van der Waals surface area contributed by atoms with Gasteiger partial charge in [0, 0.05) is 0 Å². The van der Waals surface area contributed by atoms with Crippen molar-refractivity contribution < 1.29 is 19.5 Å². The van der Waals surface area contributed by atoms with Crippen molar-refractivity contribution in [3.63, 3.8) is 0 Å². The summed E-state index contributed by atoms with van der Waals surface area (Å²) in [6.07, 6.45) is -0.0976. The van der Waals surface area contributed by atoms with Gasteiger partial charge in [-0.25, -0.2) is 0 Å². The maximum atomic E-state index is 9.63. The van der Waals surface area contributed by atoms with Crippen molar-refractivity contribution in [3.05, 3.63) is 23.8 Å². The molecule has 92 valence electrons. The van der Waals surface area contributed by atoms with Crippen LogP contribution in [0.15, 0.2) is 18.2 Å². The molecule has 0 bridgehead atoms. The van der Waals surface area contributed by atoms with Gasteiger partial charge in [0.05, 0.1) is 12.7 Å². The van der Waals surface area contributed by atoms with Gasteiger partial charge in [0.2, 0.25) is 0 Å². The van der Waals surface area contributed by atoms with Gasteiger partial charge in [-0.3, -0.25) is 0 Å². The fourth-order valence-corrected chi connectivity index (χ4v) is 1.89. The Morgan fingerprint density at radius 1 is 1.53 bits per heavy atom. The Morgan fingerprint density at radius 3 is 3.00 bits per heavy atom. The summed E-state index contributed by atoms with van der Waals surface area (Å²) in [6, 6.07) is 5.48. The van der Waals surface area contributed by atoms with E-state index in [1.54, 1.807) is 6.07 Å². The molecule has 0 aliphatic carbocycles. The lowest BCUT2D eigenvalue weighted by molar-refractivity contribution is 0.0452. The summed E-state index contributed by atoms with van der Waals surface area (Å²) in [5.41, 5.74) is 1.73. The molecule has 1 aliphatic rings. The maximum Gasteiger partial charge on any atom is 0.491 e. The Hall–Kier alpha value is -1.04. The molecule has 0 fully saturated rings. The minimum absolute atomic E-state index is 0.266. The van der Waals surface area contributed by atoms with Gasteiger partial charge >= 0.3 is 7.12 Å². The van der Waals surface area contributed by atoms with Gasteiger partial charge in [0.25, 0.3) is 0 Å². The molecule has 2 rings (SSSR count). The molecule has 0 amide bonds. The molecular weight excluding hydrogens is 219 g/mol. The third-order valence-electron chi connectivity index (χ3n) is 3.06. The molecule has 1 heterocycles. The standard InChI is InChI=1S/C12H17BO4/c1-3-12(14)8(2)17-10-5-4-9-7-16-13(15)11(9)6-10/h4-6,8,12,14-15H,3,7H2,1-2H3. The van der Waals surface area contributed by atoms with Crippen molar-refractivity contribution >= 4 is 12.6 Å². The predicted octanol–water partition coefficient (Wildman–Crippen LogP) is 0.442. The van der Waals surface area contributed by atoms with Crippen molar-refractivity contribution in [3.8, 4) is 5.75 Å². The van der Waals surface area contributed by atoms with Crippen molar-refractivity contribution in [2.24, 2.45) is 0 Å². The first-order chi connectivity index (χ1) is 8.11. The van der Waals surface area contributed by atoms with Crippen LogP contribution in [-0.4, -0.2) is 29.5 Å². The molecule has 2 unspecified atom stereocenters. The van der Waals surface area contributed by atoms with E-state index in [0.29, 0.717) is 18.8 Å². The molecule has 0 saturated heterocycles. The highest BCUT2D eigenvalue weighted by molar-refractivity contribution is 6.61. The Bertz CT molecular complexity index is 396. The fraction of sp³-hybridized carbons (Fsp3) is 0.500. The third kappa shape index (κ3) is 2.62. The topological polar surface area (TPSA) is 58.9 Å². The molecule has 17 heavy (non-hydrogen) atoms. The second-order valence-corrected chi connectivity index (χ2v) is 4.32. The summed E-state index contributed by atoms with van der Waals surface area (Å²) in [5, 5.41) is 19.2. The normalized spacial score (nSPS) is 17.8. The number of aliphatic hydroxyl groups is 1. The highest BCUT2D eigenvalue weighted by atomic mass is 16.5. The zero-order valence-electron chi connectivity index (χ0n) is 10.1. The minimum Gasteiger partial charge on any atom is -0.488 e. The Balaban J connectivity index is 2.10. The molecule has 0 saturated carbocycles. The summed E-state index contributed by atoms with van der Waals surface area (Å²) in [5.74, 6) is 0.647. The first-order valence-corrected chi connectivity index (χ1v) is 5.89. The number of aliphatic hydroxyl groups excluding tert-OH is 1. The van der Waals surface area contributed by atoms with E-state index < -0.39 is 13.2 Å². The Kier molecular flexibility index (Phi) is 3.71. The lowest BCUT2D eigenvalue weighted by Crippen LogP contribution is -2.30. The van der Waals surface area contributed by atoms with E-state index in [-0.39, 0.29) is 6.10 Å². The molecule has 0 spiro atoms. The van der Waals surface area contributed by atoms with E-state index in [1.165, 1.54) is 0 Å². The van der Waals surface area contributed by atoms with Gasteiger partial charge in [0.1, 0.15) is 11.9 Å². The van der Waals surface area contributed by atoms with Crippen LogP contribution in [-0.2, 0) is 11.3 Å². The van der Waals surface area contributed by atoms with E-state index in [9.17, 15) is 10.1 Å². The van der Waals surface area contributed by atoms with E-state index in [1.807, 2.05) is 26.0 Å². The summed E-state index contributed by atoms with van der Waals surface area (Å²) in [6.45, 7) is 4.17. The summed E-state index contributed by atoms with van der Waals surface area (Å²) >= 11 is 0. The summed E-state index contributed by atoms with van der Waals surface area (Å²) in [4.78, 5) is 0. The lowest BCUT2D eigenvalue weighted by atomic mass is 9.79. The third-order valence-corrected chi connectivity index (χ3v) is 3.06. The quantitative estimate of drug-likeness (QED) is 0.745. The summed E-state index contributed by atoms with van der Waals surface area (Å²) < 4.78 is 10.7. The van der Waals surface area contributed by atoms with Crippen molar-refractivity contribution in [1.29, 1.82) is 0 Å². The first-order valence-electron chi connectivity index (χ1n) is 5.89. The van der Waals surface area contributed by atoms with Crippen molar-refractivity contribution in [1.82, 2.24) is 0 Å². The van der Waals surface area contributed by atoms with Gasteiger partial charge in [-0.2, -0.15) is 0 Å². The molecule has 1 aromatic rings. The smallest absolute Gasteiger partial charge is 0.488 e. The SMILES string of the molecule is CCC(O)C(C)Oc1ccc2c(c1)B(O)OC2. The van der Waals surface area contributed by atoms with E-state index in [2.05, 4.69) is 0 Å². The Morgan fingerprint density at radius 2 is 2.29 bits per heavy atom. The van der Waals surface area contributed by atoms with Crippen molar-refractivity contribution in [2.75, 3.05) is 0 Å². The lowest BCUT2D eigenvalue weighted by Gasteiger charge is -2.19. The van der Waals surface area contributed by atoms with E-state index in [4.69, 9.17) is 9.39 Å². The van der Waals surface area contributed by atoms with Crippen LogP contribution < -0.4 is 10.2 Å². The highest BCUT2D eigenvalue weighted by Gasteiger charge is 2.27. The number of benzene rings is 1. The zero-order chi connectivity index (χ0) is 12.4. The molecular formula is C12H17BO4. The molecule has 4 nitrogen and oxygen atoms in total. The largest absolute Gasteiger partial charge is 0.491 e. The molecule has 1 aliphatic heterocycles. The highest BCUT2D eigenvalue weighted by Crippen LogP contribution is 2.18. The molecule has 5 heteroatoms. The predicted molar refractivity (Wildman–Crippen MR) is 65.2 cm³/mol.